The SMILES string of the molecule is Cc1ccc2oc(-c3ccc(OCCOCCOCCn4cc(COCCOc5ccc6c(=O)cc(-c7ccccc7)oc6c5)nn4)cc3)cc(=O)c2c1. The molecule has 12 nitrogen and oxygen atoms in total. The Balaban J connectivity index is 0.737. The van der Waals surface area contributed by atoms with E-state index < -0.39 is 0 Å². The van der Waals surface area contributed by atoms with E-state index >= 15 is 0 Å². The van der Waals surface area contributed by atoms with Crippen LogP contribution in [0.3, 0.4) is 0 Å². The summed E-state index contributed by atoms with van der Waals surface area (Å²) >= 11 is 0. The predicted octanol–water partition coefficient (Wildman–Crippen LogP) is 6.84. The van der Waals surface area contributed by atoms with Crippen LogP contribution in [-0.2, 0) is 27.4 Å². The Morgan fingerprint density at radius 3 is 2.04 bits per heavy atom. The fraction of sp³-hybridized carbons (Fsp3) is 0.238. The second-order valence-electron chi connectivity index (χ2n) is 12.4. The summed E-state index contributed by atoms with van der Waals surface area (Å²) in [4.78, 5) is 25.2. The summed E-state index contributed by atoms with van der Waals surface area (Å²) in [5.74, 6) is 2.29. The third-order valence-electron chi connectivity index (χ3n) is 8.45. The molecule has 0 N–H and O–H groups in total. The van der Waals surface area contributed by atoms with Crippen LogP contribution in [0.5, 0.6) is 11.5 Å². The Bertz CT molecular complexity index is 2420. The van der Waals surface area contributed by atoms with E-state index in [0.29, 0.717) is 110 Å². The Hall–Kier alpha value is -6.08. The van der Waals surface area contributed by atoms with Crippen molar-refractivity contribution in [1.82, 2.24) is 15.0 Å². The van der Waals surface area contributed by atoms with Gasteiger partial charge in [-0.2, -0.15) is 0 Å². The van der Waals surface area contributed by atoms with E-state index in [9.17, 15) is 9.59 Å². The molecule has 12 heteroatoms. The molecule has 0 fully saturated rings. The van der Waals surface area contributed by atoms with Crippen molar-refractivity contribution in [3.63, 3.8) is 0 Å². The van der Waals surface area contributed by atoms with Crippen LogP contribution in [0, 0.1) is 6.92 Å². The molecule has 0 saturated heterocycles. The molecule has 0 aliphatic heterocycles. The van der Waals surface area contributed by atoms with Crippen LogP contribution in [0.2, 0.25) is 0 Å². The topological polar surface area (TPSA) is 137 Å². The number of ether oxygens (including phenoxy) is 5. The number of hydrogen-bond donors (Lipinski definition) is 0. The molecule has 0 spiro atoms. The first kappa shape index (κ1) is 36.3. The fourth-order valence-electron chi connectivity index (χ4n) is 5.71. The molecule has 276 valence electrons. The zero-order chi connectivity index (χ0) is 37.1. The maximum Gasteiger partial charge on any atom is 0.193 e. The molecule has 0 unspecified atom stereocenters. The summed E-state index contributed by atoms with van der Waals surface area (Å²) in [6.07, 6.45) is 1.82. The lowest BCUT2D eigenvalue weighted by Crippen LogP contribution is -2.13. The van der Waals surface area contributed by atoms with Gasteiger partial charge in [0, 0.05) is 29.3 Å². The van der Waals surface area contributed by atoms with Crippen LogP contribution < -0.4 is 20.3 Å². The Labute approximate surface area is 310 Å². The monoisotopic (exact) mass is 729 g/mol. The summed E-state index contributed by atoms with van der Waals surface area (Å²) in [6, 6.07) is 30.7. The molecular formula is C42H39N3O9. The van der Waals surface area contributed by atoms with E-state index in [4.69, 9.17) is 32.5 Å². The van der Waals surface area contributed by atoms with Gasteiger partial charge in [-0.25, -0.2) is 4.68 Å². The van der Waals surface area contributed by atoms with E-state index in [1.54, 1.807) is 22.9 Å². The van der Waals surface area contributed by atoms with Crippen molar-refractivity contribution in [2.24, 2.45) is 0 Å². The van der Waals surface area contributed by atoms with Crippen molar-refractivity contribution in [3.8, 4) is 34.1 Å². The molecule has 0 aliphatic rings. The third kappa shape index (κ3) is 9.47. The number of nitrogens with zero attached hydrogens (tertiary/aromatic N) is 3. The largest absolute Gasteiger partial charge is 0.491 e. The van der Waals surface area contributed by atoms with Gasteiger partial charge in [-0.15, -0.1) is 5.10 Å². The molecule has 7 aromatic rings. The molecule has 0 aliphatic carbocycles. The zero-order valence-electron chi connectivity index (χ0n) is 29.8. The summed E-state index contributed by atoms with van der Waals surface area (Å²) in [7, 11) is 0. The van der Waals surface area contributed by atoms with E-state index in [1.807, 2.05) is 85.9 Å². The average molecular weight is 730 g/mol. The molecule has 0 atom stereocenters. The van der Waals surface area contributed by atoms with Crippen LogP contribution in [0.4, 0.5) is 0 Å². The lowest BCUT2D eigenvalue weighted by molar-refractivity contribution is 0.0333. The minimum Gasteiger partial charge on any atom is -0.491 e. The van der Waals surface area contributed by atoms with Crippen LogP contribution in [0.25, 0.3) is 44.6 Å². The molecule has 0 radical (unpaired) electrons. The second-order valence-corrected chi connectivity index (χ2v) is 12.4. The maximum absolute atomic E-state index is 12.6. The van der Waals surface area contributed by atoms with E-state index in [2.05, 4.69) is 10.3 Å². The number of aryl methyl sites for hydroxylation is 1. The highest BCUT2D eigenvalue weighted by Crippen LogP contribution is 2.26. The number of benzene rings is 4. The Morgan fingerprint density at radius 2 is 1.24 bits per heavy atom. The normalized spacial score (nSPS) is 11.4. The van der Waals surface area contributed by atoms with Gasteiger partial charge in [0.2, 0.25) is 0 Å². The number of rotatable bonds is 18. The Morgan fingerprint density at radius 1 is 0.593 bits per heavy atom. The van der Waals surface area contributed by atoms with Crippen LogP contribution in [-0.4, -0.2) is 61.2 Å². The highest BCUT2D eigenvalue weighted by atomic mass is 16.5. The summed E-state index contributed by atoms with van der Waals surface area (Å²) in [5.41, 5.74) is 4.19. The van der Waals surface area contributed by atoms with Gasteiger partial charge < -0.3 is 32.5 Å². The van der Waals surface area contributed by atoms with Gasteiger partial charge in [0.25, 0.3) is 0 Å². The van der Waals surface area contributed by atoms with E-state index in [1.165, 1.54) is 12.1 Å². The molecule has 4 aromatic carbocycles. The molecular weight excluding hydrogens is 690 g/mol. The quantitative estimate of drug-likeness (QED) is 0.0859. The Kier molecular flexibility index (Phi) is 11.8. The number of fused-ring (bicyclic) bond motifs is 2. The zero-order valence-corrected chi connectivity index (χ0v) is 29.8. The first-order valence-corrected chi connectivity index (χ1v) is 17.6. The van der Waals surface area contributed by atoms with Crippen LogP contribution >= 0.6 is 0 Å². The van der Waals surface area contributed by atoms with Crippen LogP contribution in [0.1, 0.15) is 11.3 Å². The van der Waals surface area contributed by atoms with Gasteiger partial charge in [0.1, 0.15) is 53.1 Å². The van der Waals surface area contributed by atoms with Crippen molar-refractivity contribution >= 4 is 21.9 Å². The molecule has 3 heterocycles. The van der Waals surface area contributed by atoms with E-state index in [0.717, 1.165) is 16.7 Å². The minimum absolute atomic E-state index is 0.0682. The van der Waals surface area contributed by atoms with E-state index in [-0.39, 0.29) is 10.9 Å². The average Bonchev–Trinajstić information content (AvgIpc) is 3.65. The standard InChI is InChI=1S/C42H39N3O9/c1-29-7-14-39-36(23-29)38(47)26-41(53-39)31-8-10-33(11-9-31)51-21-19-49-18-17-48-16-15-45-27-32(43-44-45)28-50-20-22-52-34-12-13-35-37(46)25-40(54-42(35)24-34)30-5-3-2-4-6-30/h2-14,23-27H,15-22,28H2,1H3. The summed E-state index contributed by atoms with van der Waals surface area (Å²) in [5, 5.41) is 9.35. The molecule has 3 aromatic heterocycles. The van der Waals surface area contributed by atoms with Gasteiger partial charge in [-0.3, -0.25) is 9.59 Å². The first-order valence-electron chi connectivity index (χ1n) is 17.6. The van der Waals surface area contributed by atoms with Gasteiger partial charge in [0.05, 0.1) is 63.2 Å². The fourth-order valence-corrected chi connectivity index (χ4v) is 5.71. The molecule has 7 rings (SSSR count). The molecule has 0 saturated carbocycles. The van der Waals surface area contributed by atoms with Gasteiger partial charge in [0.15, 0.2) is 10.9 Å². The smallest absolute Gasteiger partial charge is 0.193 e. The lowest BCUT2D eigenvalue weighted by Gasteiger charge is -2.09. The van der Waals surface area contributed by atoms with Crippen molar-refractivity contribution in [1.29, 1.82) is 0 Å². The van der Waals surface area contributed by atoms with Crippen molar-refractivity contribution < 1.29 is 32.5 Å². The number of aromatic nitrogens is 3. The van der Waals surface area contributed by atoms with Crippen LogP contribution in [0.15, 0.2) is 128 Å². The van der Waals surface area contributed by atoms with Crippen molar-refractivity contribution in [2.45, 2.75) is 20.1 Å². The second kappa shape index (κ2) is 17.6. The third-order valence-corrected chi connectivity index (χ3v) is 8.45. The number of hydrogen-bond acceptors (Lipinski definition) is 11. The summed E-state index contributed by atoms with van der Waals surface area (Å²) < 4.78 is 42.3. The lowest BCUT2D eigenvalue weighted by atomic mass is 10.1. The highest BCUT2D eigenvalue weighted by molar-refractivity contribution is 5.80. The molecule has 0 bridgehead atoms. The maximum atomic E-state index is 12.6. The van der Waals surface area contributed by atoms with Gasteiger partial charge >= 0.3 is 0 Å². The van der Waals surface area contributed by atoms with Crippen molar-refractivity contribution in [2.75, 3.05) is 46.2 Å². The molecule has 54 heavy (non-hydrogen) atoms. The highest BCUT2D eigenvalue weighted by Gasteiger charge is 2.10. The summed E-state index contributed by atoms with van der Waals surface area (Å²) in [6.45, 7) is 5.56. The minimum atomic E-state index is -0.107. The predicted molar refractivity (Wildman–Crippen MR) is 203 cm³/mol. The van der Waals surface area contributed by atoms with Crippen molar-refractivity contribution in [3.05, 3.63) is 141 Å². The first-order chi connectivity index (χ1) is 26.5. The van der Waals surface area contributed by atoms with Gasteiger partial charge in [-0.05, 0) is 55.5 Å². The molecule has 0 amide bonds. The van der Waals surface area contributed by atoms with Gasteiger partial charge in [-0.1, -0.05) is 47.2 Å².